The van der Waals surface area contributed by atoms with Gasteiger partial charge in [0.25, 0.3) is 5.91 Å². The number of rotatable bonds is 4. The fraction of sp³-hybridized carbons (Fsp3) is 0.235. The number of carbonyl (C=O) groups excluding carboxylic acids is 1. The highest BCUT2D eigenvalue weighted by atomic mass is 19.4. The van der Waals surface area contributed by atoms with Crippen LogP contribution in [0.5, 0.6) is 5.75 Å². The number of nitrogens with one attached hydrogen (secondary N) is 3. The molecule has 0 saturated carbocycles. The number of hydrazine groups is 1. The Morgan fingerprint density at radius 1 is 1.27 bits per heavy atom. The zero-order valence-corrected chi connectivity index (χ0v) is 13.6. The van der Waals surface area contributed by atoms with Crippen LogP contribution in [0.25, 0.3) is 0 Å². The molecule has 0 aliphatic carbocycles. The lowest BCUT2D eigenvalue weighted by Crippen LogP contribution is -2.24. The fourth-order valence-electron chi connectivity index (χ4n) is 2.77. The molecule has 0 fully saturated rings. The average Bonchev–Trinajstić information content (AvgIpc) is 2.95. The molecule has 0 bridgehead atoms. The number of carbonyl (C=O) groups is 1. The minimum absolute atomic E-state index is 0.0503. The van der Waals surface area contributed by atoms with Crippen molar-refractivity contribution in [3.63, 3.8) is 0 Å². The van der Waals surface area contributed by atoms with Crippen molar-refractivity contribution < 1.29 is 27.1 Å². The summed E-state index contributed by atoms with van der Waals surface area (Å²) in [5.41, 5.74) is 8.77. The third-order valence-corrected chi connectivity index (χ3v) is 3.91. The quantitative estimate of drug-likeness (QED) is 0.720. The number of amides is 1. The summed E-state index contributed by atoms with van der Waals surface area (Å²) in [5.74, 6) is -2.86. The van der Waals surface area contributed by atoms with Gasteiger partial charge in [0.05, 0.1) is 11.7 Å². The first-order valence-corrected chi connectivity index (χ1v) is 7.71. The molecule has 1 heterocycles. The summed E-state index contributed by atoms with van der Waals surface area (Å²) in [5, 5.41) is 2.64. The van der Waals surface area contributed by atoms with E-state index >= 15 is 0 Å². The highest BCUT2D eigenvalue weighted by Crippen LogP contribution is 2.31. The van der Waals surface area contributed by atoms with E-state index in [2.05, 4.69) is 20.9 Å². The van der Waals surface area contributed by atoms with Gasteiger partial charge in [0, 0.05) is 12.1 Å². The molecule has 1 unspecified atom stereocenters. The Kier molecular flexibility index (Phi) is 4.73. The first kappa shape index (κ1) is 18.0. The van der Waals surface area contributed by atoms with Crippen LogP contribution in [0.4, 0.5) is 23.2 Å². The summed E-state index contributed by atoms with van der Waals surface area (Å²) in [7, 11) is 0. The third kappa shape index (κ3) is 3.88. The molecule has 2 aromatic rings. The molecule has 1 aliphatic rings. The molecule has 3 N–H and O–H groups in total. The third-order valence-electron chi connectivity index (χ3n) is 3.91. The van der Waals surface area contributed by atoms with Crippen LogP contribution in [0.3, 0.4) is 0 Å². The van der Waals surface area contributed by atoms with Gasteiger partial charge in [0.2, 0.25) is 0 Å². The smallest absolute Gasteiger partial charge is 0.403 e. The Labute approximate surface area is 146 Å². The van der Waals surface area contributed by atoms with E-state index in [-0.39, 0.29) is 18.2 Å². The molecule has 26 heavy (non-hydrogen) atoms. The number of halogens is 4. The fourth-order valence-corrected chi connectivity index (χ4v) is 2.77. The molecule has 9 heteroatoms. The largest absolute Gasteiger partial charge is 0.573 e. The number of ether oxygens (including phenoxy) is 1. The van der Waals surface area contributed by atoms with Crippen molar-refractivity contribution in [1.29, 1.82) is 0 Å². The molecule has 3 rings (SSSR count). The van der Waals surface area contributed by atoms with Gasteiger partial charge in [-0.1, -0.05) is 12.1 Å². The summed E-state index contributed by atoms with van der Waals surface area (Å²) >= 11 is 0. The van der Waals surface area contributed by atoms with E-state index in [1.165, 1.54) is 0 Å². The van der Waals surface area contributed by atoms with Crippen LogP contribution in [0.15, 0.2) is 36.4 Å². The summed E-state index contributed by atoms with van der Waals surface area (Å²) < 4.78 is 53.7. The molecule has 2 aromatic carbocycles. The van der Waals surface area contributed by atoms with Crippen LogP contribution in [0, 0.1) is 5.82 Å². The van der Waals surface area contributed by atoms with E-state index in [0.29, 0.717) is 6.07 Å². The van der Waals surface area contributed by atoms with Gasteiger partial charge in [-0.2, -0.15) is 0 Å². The number of hydrogen-bond acceptors (Lipinski definition) is 4. The lowest BCUT2D eigenvalue weighted by Gasteiger charge is -2.13. The first-order chi connectivity index (χ1) is 12.2. The Bertz CT molecular complexity index is 839. The van der Waals surface area contributed by atoms with Gasteiger partial charge < -0.3 is 15.5 Å². The van der Waals surface area contributed by atoms with Gasteiger partial charge in [-0.25, -0.2) is 9.82 Å². The minimum Gasteiger partial charge on any atom is -0.403 e. The highest BCUT2D eigenvalue weighted by Gasteiger charge is 2.32. The Hall–Kier alpha value is -2.81. The molecule has 0 saturated heterocycles. The monoisotopic (exact) mass is 369 g/mol. The standard InChI is InChI=1S/C17H15F4N3O2/c1-9-15-11(3-2-4-13(15)24-23-9)8-22-16(25)10-5-6-14(12(18)7-10)26-17(19,20)21/h2-7,9,23-24H,8H2,1H3,(H,22,25). The minimum atomic E-state index is -5.00. The maximum absolute atomic E-state index is 13.7. The van der Waals surface area contributed by atoms with Gasteiger partial charge in [0.1, 0.15) is 0 Å². The maximum atomic E-state index is 13.7. The molecule has 1 amide bonds. The second-order valence-electron chi connectivity index (χ2n) is 5.75. The van der Waals surface area contributed by atoms with Crippen LogP contribution in [-0.2, 0) is 6.54 Å². The SMILES string of the molecule is CC1NNc2cccc(CNC(=O)c3ccc(OC(F)(F)F)c(F)c3)c21. The van der Waals surface area contributed by atoms with Gasteiger partial charge in [0.15, 0.2) is 11.6 Å². The van der Waals surface area contributed by atoms with Crippen LogP contribution in [-0.4, -0.2) is 12.3 Å². The molecule has 1 aliphatic heterocycles. The normalized spacial score (nSPS) is 16.0. The second-order valence-corrected chi connectivity index (χ2v) is 5.75. The average molecular weight is 369 g/mol. The lowest BCUT2D eigenvalue weighted by atomic mass is 10.0. The van der Waals surface area contributed by atoms with E-state index in [4.69, 9.17) is 0 Å². The van der Waals surface area contributed by atoms with Crippen molar-refractivity contribution in [3.05, 3.63) is 58.9 Å². The summed E-state index contributed by atoms with van der Waals surface area (Å²) in [6.07, 6.45) is -5.00. The molecule has 0 aromatic heterocycles. The predicted octanol–water partition coefficient (Wildman–Crippen LogP) is 3.65. The predicted molar refractivity (Wildman–Crippen MR) is 85.9 cm³/mol. The summed E-state index contributed by atoms with van der Waals surface area (Å²) in [6.45, 7) is 2.15. The van der Waals surface area contributed by atoms with E-state index in [1.807, 2.05) is 25.1 Å². The van der Waals surface area contributed by atoms with E-state index in [0.717, 1.165) is 28.9 Å². The molecule has 1 atom stereocenters. The molecular weight excluding hydrogens is 354 g/mol. The van der Waals surface area contributed by atoms with Crippen LogP contribution >= 0.6 is 0 Å². The van der Waals surface area contributed by atoms with Crippen molar-refractivity contribution in [2.24, 2.45) is 0 Å². The highest BCUT2D eigenvalue weighted by molar-refractivity contribution is 5.94. The lowest BCUT2D eigenvalue weighted by molar-refractivity contribution is -0.275. The number of benzene rings is 2. The topological polar surface area (TPSA) is 62.4 Å². The van der Waals surface area contributed by atoms with Crippen LogP contribution < -0.4 is 20.9 Å². The van der Waals surface area contributed by atoms with Crippen molar-refractivity contribution in [1.82, 2.24) is 10.7 Å². The zero-order valence-electron chi connectivity index (χ0n) is 13.6. The van der Waals surface area contributed by atoms with Crippen molar-refractivity contribution in [2.75, 3.05) is 5.43 Å². The number of hydrogen-bond donors (Lipinski definition) is 3. The van der Waals surface area contributed by atoms with Gasteiger partial charge >= 0.3 is 6.36 Å². The van der Waals surface area contributed by atoms with Gasteiger partial charge in [-0.15, -0.1) is 13.2 Å². The van der Waals surface area contributed by atoms with Crippen LogP contribution in [0.1, 0.15) is 34.5 Å². The molecule has 0 spiro atoms. The van der Waals surface area contributed by atoms with Crippen molar-refractivity contribution in [2.45, 2.75) is 25.9 Å². The molecule has 5 nitrogen and oxygen atoms in total. The van der Waals surface area contributed by atoms with E-state index in [1.54, 1.807) is 0 Å². The first-order valence-electron chi connectivity index (χ1n) is 7.71. The maximum Gasteiger partial charge on any atom is 0.573 e. The number of anilines is 1. The molecule has 0 radical (unpaired) electrons. The van der Waals surface area contributed by atoms with Gasteiger partial charge in [-0.3, -0.25) is 4.79 Å². The number of alkyl halides is 3. The van der Waals surface area contributed by atoms with Crippen molar-refractivity contribution >= 4 is 11.6 Å². The number of fused-ring (bicyclic) bond motifs is 1. The van der Waals surface area contributed by atoms with Crippen LogP contribution in [0.2, 0.25) is 0 Å². The molecule has 138 valence electrons. The summed E-state index contributed by atoms with van der Waals surface area (Å²) in [6, 6.07) is 8.17. The van der Waals surface area contributed by atoms with Crippen molar-refractivity contribution in [3.8, 4) is 5.75 Å². The van der Waals surface area contributed by atoms with E-state index < -0.39 is 23.8 Å². The molecular formula is C17H15F4N3O2. The van der Waals surface area contributed by atoms with E-state index in [9.17, 15) is 22.4 Å². The summed E-state index contributed by atoms with van der Waals surface area (Å²) in [4.78, 5) is 12.2. The Morgan fingerprint density at radius 2 is 2.04 bits per heavy atom. The Morgan fingerprint density at radius 3 is 2.73 bits per heavy atom. The Balaban J connectivity index is 1.70. The van der Waals surface area contributed by atoms with Gasteiger partial charge in [-0.05, 0) is 42.3 Å². The zero-order chi connectivity index (χ0) is 18.9. The second kappa shape index (κ2) is 6.83.